The summed E-state index contributed by atoms with van der Waals surface area (Å²) < 4.78 is 5.69. The van der Waals surface area contributed by atoms with Crippen molar-refractivity contribution in [2.45, 2.75) is 26.3 Å². The van der Waals surface area contributed by atoms with Crippen LogP contribution >= 0.6 is 11.6 Å². The Bertz CT molecular complexity index is 559. The number of nitrogens with two attached hydrogens (primary N) is 1. The standard InChI is InChI=1S/C14H18ClN3O/c1-9(2)12(16)5-6-19-10-3-4-11-13(7-10)17-8-18-14(11)15/h3-4,7-9,12H,5-6,16H2,1-2H3. The van der Waals surface area contributed by atoms with E-state index >= 15 is 0 Å². The second-order valence-corrected chi connectivity index (χ2v) is 5.25. The molecule has 4 nitrogen and oxygen atoms in total. The zero-order valence-corrected chi connectivity index (χ0v) is 11.9. The van der Waals surface area contributed by atoms with Gasteiger partial charge in [0.05, 0.1) is 12.1 Å². The number of aromatic nitrogens is 2. The fourth-order valence-corrected chi connectivity index (χ4v) is 1.94. The van der Waals surface area contributed by atoms with Gasteiger partial charge < -0.3 is 10.5 Å². The monoisotopic (exact) mass is 279 g/mol. The summed E-state index contributed by atoms with van der Waals surface area (Å²) in [6.45, 7) is 4.82. The molecule has 0 radical (unpaired) electrons. The van der Waals surface area contributed by atoms with E-state index in [1.165, 1.54) is 6.33 Å². The quantitative estimate of drug-likeness (QED) is 0.855. The van der Waals surface area contributed by atoms with Crippen molar-refractivity contribution in [3.8, 4) is 5.75 Å². The van der Waals surface area contributed by atoms with Crippen molar-refractivity contribution in [3.05, 3.63) is 29.7 Å². The molecule has 1 unspecified atom stereocenters. The van der Waals surface area contributed by atoms with Gasteiger partial charge in [0.1, 0.15) is 17.2 Å². The maximum Gasteiger partial charge on any atom is 0.140 e. The van der Waals surface area contributed by atoms with Crippen LogP contribution in [0.4, 0.5) is 0 Å². The van der Waals surface area contributed by atoms with E-state index in [-0.39, 0.29) is 6.04 Å². The second-order valence-electron chi connectivity index (χ2n) is 4.89. The Morgan fingerprint density at radius 3 is 2.84 bits per heavy atom. The minimum absolute atomic E-state index is 0.164. The normalized spacial score (nSPS) is 12.9. The Hall–Kier alpha value is -1.39. The lowest BCUT2D eigenvalue weighted by molar-refractivity contribution is 0.282. The van der Waals surface area contributed by atoms with Gasteiger partial charge in [0, 0.05) is 17.5 Å². The van der Waals surface area contributed by atoms with Crippen LogP contribution < -0.4 is 10.5 Å². The summed E-state index contributed by atoms with van der Waals surface area (Å²) in [5, 5.41) is 1.29. The highest BCUT2D eigenvalue weighted by Crippen LogP contribution is 2.23. The molecule has 5 heteroatoms. The Morgan fingerprint density at radius 2 is 2.11 bits per heavy atom. The minimum Gasteiger partial charge on any atom is -0.493 e. The summed E-state index contributed by atoms with van der Waals surface area (Å²) in [5.41, 5.74) is 6.76. The number of ether oxygens (including phenoxy) is 1. The summed E-state index contributed by atoms with van der Waals surface area (Å²) in [5.74, 6) is 1.24. The van der Waals surface area contributed by atoms with Crippen molar-refractivity contribution in [2.24, 2.45) is 11.7 Å². The molecule has 0 fully saturated rings. The van der Waals surface area contributed by atoms with Crippen LogP contribution in [-0.2, 0) is 0 Å². The van der Waals surface area contributed by atoms with Gasteiger partial charge >= 0.3 is 0 Å². The van der Waals surface area contributed by atoms with Crippen molar-refractivity contribution >= 4 is 22.5 Å². The molecule has 1 atom stereocenters. The van der Waals surface area contributed by atoms with Gasteiger partial charge in [-0.2, -0.15) is 0 Å². The van der Waals surface area contributed by atoms with Crippen molar-refractivity contribution < 1.29 is 4.74 Å². The second kappa shape index (κ2) is 6.17. The molecular formula is C14H18ClN3O. The van der Waals surface area contributed by atoms with Gasteiger partial charge in [-0.25, -0.2) is 9.97 Å². The molecule has 0 aliphatic carbocycles. The van der Waals surface area contributed by atoms with Crippen molar-refractivity contribution in [1.82, 2.24) is 9.97 Å². The molecule has 2 N–H and O–H groups in total. The molecular weight excluding hydrogens is 262 g/mol. The summed E-state index contributed by atoms with van der Waals surface area (Å²) >= 11 is 5.98. The van der Waals surface area contributed by atoms with E-state index < -0.39 is 0 Å². The number of hydrogen-bond acceptors (Lipinski definition) is 4. The van der Waals surface area contributed by atoms with E-state index in [0.29, 0.717) is 17.7 Å². The first-order chi connectivity index (χ1) is 9.08. The Balaban J connectivity index is 2.02. The Morgan fingerprint density at radius 1 is 1.32 bits per heavy atom. The van der Waals surface area contributed by atoms with Gasteiger partial charge in [-0.05, 0) is 24.5 Å². The van der Waals surface area contributed by atoms with Crippen LogP contribution in [0.5, 0.6) is 5.75 Å². The van der Waals surface area contributed by atoms with Gasteiger partial charge in [-0.3, -0.25) is 0 Å². The van der Waals surface area contributed by atoms with E-state index in [9.17, 15) is 0 Å². The van der Waals surface area contributed by atoms with Crippen LogP contribution in [0.15, 0.2) is 24.5 Å². The summed E-state index contributed by atoms with van der Waals surface area (Å²) in [4.78, 5) is 8.11. The molecule has 1 aromatic heterocycles. The van der Waals surface area contributed by atoms with Gasteiger partial charge in [0.25, 0.3) is 0 Å². The third-order valence-corrected chi connectivity index (χ3v) is 3.44. The van der Waals surface area contributed by atoms with E-state index in [0.717, 1.165) is 23.1 Å². The molecule has 0 bridgehead atoms. The molecule has 1 aromatic carbocycles. The third kappa shape index (κ3) is 3.55. The molecule has 2 rings (SSSR count). The maximum absolute atomic E-state index is 5.98. The first kappa shape index (κ1) is 14.0. The molecule has 0 aliphatic heterocycles. The number of fused-ring (bicyclic) bond motifs is 1. The number of halogens is 1. The lowest BCUT2D eigenvalue weighted by Crippen LogP contribution is -2.28. The van der Waals surface area contributed by atoms with Crippen LogP contribution in [0.2, 0.25) is 5.15 Å². The van der Waals surface area contributed by atoms with Crippen LogP contribution in [0.25, 0.3) is 10.9 Å². The topological polar surface area (TPSA) is 61.0 Å². The van der Waals surface area contributed by atoms with Crippen LogP contribution in [0.1, 0.15) is 20.3 Å². The number of nitrogens with zero attached hydrogens (tertiary/aromatic N) is 2. The summed E-state index contributed by atoms with van der Waals surface area (Å²) in [6, 6.07) is 5.77. The molecule has 0 amide bonds. The van der Waals surface area contributed by atoms with Gasteiger partial charge in [-0.15, -0.1) is 0 Å². The Kier molecular flexibility index (Phi) is 4.56. The predicted molar refractivity (Wildman–Crippen MR) is 77.5 cm³/mol. The average Bonchev–Trinajstić information content (AvgIpc) is 2.38. The zero-order valence-electron chi connectivity index (χ0n) is 11.1. The van der Waals surface area contributed by atoms with E-state index in [1.54, 1.807) is 0 Å². The van der Waals surface area contributed by atoms with E-state index in [2.05, 4.69) is 23.8 Å². The summed E-state index contributed by atoms with van der Waals surface area (Å²) in [7, 11) is 0. The van der Waals surface area contributed by atoms with Crippen LogP contribution in [0.3, 0.4) is 0 Å². The molecule has 0 saturated heterocycles. The maximum atomic E-state index is 5.98. The lowest BCUT2D eigenvalue weighted by atomic mass is 10.0. The zero-order chi connectivity index (χ0) is 13.8. The Labute approximate surface area is 117 Å². The fourth-order valence-electron chi connectivity index (χ4n) is 1.74. The molecule has 0 saturated carbocycles. The SMILES string of the molecule is CC(C)C(N)CCOc1ccc2c(Cl)ncnc2c1. The van der Waals surface area contributed by atoms with Gasteiger partial charge in [0.2, 0.25) is 0 Å². The third-order valence-electron chi connectivity index (χ3n) is 3.14. The van der Waals surface area contributed by atoms with Crippen molar-refractivity contribution in [2.75, 3.05) is 6.61 Å². The average molecular weight is 280 g/mol. The number of hydrogen-bond donors (Lipinski definition) is 1. The molecule has 2 aromatic rings. The van der Waals surface area contributed by atoms with E-state index in [4.69, 9.17) is 22.1 Å². The molecule has 1 heterocycles. The molecule has 0 spiro atoms. The largest absolute Gasteiger partial charge is 0.493 e. The van der Waals surface area contributed by atoms with Crippen LogP contribution in [0, 0.1) is 5.92 Å². The highest BCUT2D eigenvalue weighted by atomic mass is 35.5. The van der Waals surface area contributed by atoms with E-state index in [1.807, 2.05) is 18.2 Å². The minimum atomic E-state index is 0.164. The number of rotatable bonds is 5. The first-order valence-corrected chi connectivity index (χ1v) is 6.74. The lowest BCUT2D eigenvalue weighted by Gasteiger charge is -2.15. The van der Waals surface area contributed by atoms with Crippen LogP contribution in [-0.4, -0.2) is 22.6 Å². The molecule has 102 valence electrons. The fraction of sp³-hybridized carbons (Fsp3) is 0.429. The molecule has 0 aliphatic rings. The highest BCUT2D eigenvalue weighted by molar-refractivity contribution is 6.34. The smallest absolute Gasteiger partial charge is 0.140 e. The predicted octanol–water partition coefficient (Wildman–Crippen LogP) is 3.04. The molecule has 19 heavy (non-hydrogen) atoms. The first-order valence-electron chi connectivity index (χ1n) is 6.36. The van der Waals surface area contributed by atoms with Gasteiger partial charge in [0.15, 0.2) is 0 Å². The number of benzene rings is 1. The van der Waals surface area contributed by atoms with Crippen molar-refractivity contribution in [1.29, 1.82) is 0 Å². The summed E-state index contributed by atoms with van der Waals surface area (Å²) in [6.07, 6.45) is 2.28. The highest BCUT2D eigenvalue weighted by Gasteiger charge is 2.08. The van der Waals surface area contributed by atoms with Crippen molar-refractivity contribution in [3.63, 3.8) is 0 Å². The van der Waals surface area contributed by atoms with Gasteiger partial charge in [-0.1, -0.05) is 25.4 Å².